The van der Waals surface area contributed by atoms with E-state index in [0.717, 1.165) is 18.5 Å². The Morgan fingerprint density at radius 1 is 1.04 bits per heavy atom. The van der Waals surface area contributed by atoms with Crippen LogP contribution in [-0.2, 0) is 6.54 Å². The molecule has 0 saturated carbocycles. The lowest BCUT2D eigenvalue weighted by atomic mass is 10.2. The van der Waals surface area contributed by atoms with E-state index in [0.29, 0.717) is 23.9 Å². The lowest BCUT2D eigenvalue weighted by molar-refractivity contribution is 0.0945. The third-order valence-corrected chi connectivity index (χ3v) is 3.88. The van der Waals surface area contributed by atoms with Gasteiger partial charge in [-0.05, 0) is 36.2 Å². The third kappa shape index (κ3) is 5.61. The standard InChI is InChI=1S/C19H26N4O3/c1-4-5-6-11-20-18-10-8-15(22-23-18)19(24)21-13-14-7-9-16(25-2)17(12-14)26-3/h7-10,12H,4-6,11,13H2,1-3H3,(H,20,23)(H,21,24). The number of amides is 1. The molecule has 0 aliphatic heterocycles. The Hall–Kier alpha value is -2.83. The highest BCUT2D eigenvalue weighted by Crippen LogP contribution is 2.27. The van der Waals surface area contributed by atoms with Crippen molar-refractivity contribution in [1.29, 1.82) is 0 Å². The first kappa shape index (κ1) is 19.5. The number of carbonyl (C=O) groups excluding carboxylic acids is 1. The Bertz CT molecular complexity index is 704. The predicted octanol–water partition coefficient (Wildman–Crippen LogP) is 3.03. The number of nitrogens with zero attached hydrogens (tertiary/aromatic N) is 2. The molecule has 7 nitrogen and oxygen atoms in total. The van der Waals surface area contributed by atoms with Crippen LogP contribution in [0.25, 0.3) is 0 Å². The van der Waals surface area contributed by atoms with Gasteiger partial charge in [0.05, 0.1) is 14.2 Å². The first-order valence-electron chi connectivity index (χ1n) is 8.74. The highest BCUT2D eigenvalue weighted by atomic mass is 16.5. The van der Waals surface area contributed by atoms with Crippen molar-refractivity contribution in [3.63, 3.8) is 0 Å². The normalized spacial score (nSPS) is 10.3. The van der Waals surface area contributed by atoms with Crippen molar-refractivity contribution in [3.05, 3.63) is 41.6 Å². The number of hydrogen-bond donors (Lipinski definition) is 2. The SMILES string of the molecule is CCCCCNc1ccc(C(=O)NCc2ccc(OC)c(OC)c2)nn1. The number of hydrogen-bond acceptors (Lipinski definition) is 6. The minimum atomic E-state index is -0.273. The molecule has 2 N–H and O–H groups in total. The van der Waals surface area contributed by atoms with Crippen molar-refractivity contribution in [2.45, 2.75) is 32.7 Å². The largest absolute Gasteiger partial charge is 0.493 e. The molecule has 0 unspecified atom stereocenters. The quantitative estimate of drug-likeness (QED) is 0.635. The van der Waals surface area contributed by atoms with E-state index in [9.17, 15) is 4.79 Å². The van der Waals surface area contributed by atoms with Crippen LogP contribution in [-0.4, -0.2) is 36.9 Å². The fourth-order valence-corrected chi connectivity index (χ4v) is 2.40. The van der Waals surface area contributed by atoms with Gasteiger partial charge in [-0.2, -0.15) is 0 Å². The Labute approximate surface area is 154 Å². The summed E-state index contributed by atoms with van der Waals surface area (Å²) in [5, 5.41) is 14.0. The number of benzene rings is 1. The molecular formula is C19H26N4O3. The van der Waals surface area contributed by atoms with Crippen molar-refractivity contribution >= 4 is 11.7 Å². The number of anilines is 1. The molecule has 1 heterocycles. The molecule has 1 aromatic carbocycles. The van der Waals surface area contributed by atoms with E-state index >= 15 is 0 Å². The van der Waals surface area contributed by atoms with Crippen LogP contribution in [0.3, 0.4) is 0 Å². The van der Waals surface area contributed by atoms with Gasteiger partial charge in [0, 0.05) is 13.1 Å². The van der Waals surface area contributed by atoms with E-state index in [1.54, 1.807) is 32.4 Å². The molecule has 26 heavy (non-hydrogen) atoms. The number of ether oxygens (including phenoxy) is 2. The molecule has 2 aromatic rings. The summed E-state index contributed by atoms with van der Waals surface area (Å²) in [5.41, 5.74) is 1.18. The molecule has 0 spiro atoms. The van der Waals surface area contributed by atoms with Gasteiger partial charge < -0.3 is 20.1 Å². The zero-order chi connectivity index (χ0) is 18.8. The summed E-state index contributed by atoms with van der Waals surface area (Å²) in [6.07, 6.45) is 3.44. The smallest absolute Gasteiger partial charge is 0.272 e. The number of methoxy groups -OCH3 is 2. The molecule has 7 heteroatoms. The van der Waals surface area contributed by atoms with Gasteiger partial charge in [-0.3, -0.25) is 4.79 Å². The van der Waals surface area contributed by atoms with E-state index in [-0.39, 0.29) is 11.6 Å². The van der Waals surface area contributed by atoms with Crippen LogP contribution in [0.1, 0.15) is 42.2 Å². The summed E-state index contributed by atoms with van der Waals surface area (Å²) < 4.78 is 10.5. The number of nitrogens with one attached hydrogen (secondary N) is 2. The predicted molar refractivity (Wildman–Crippen MR) is 101 cm³/mol. The molecule has 140 valence electrons. The van der Waals surface area contributed by atoms with Crippen LogP contribution in [0.2, 0.25) is 0 Å². The highest BCUT2D eigenvalue weighted by molar-refractivity contribution is 5.92. The number of aromatic nitrogens is 2. The van der Waals surface area contributed by atoms with Gasteiger partial charge in [-0.1, -0.05) is 25.8 Å². The maximum atomic E-state index is 12.2. The van der Waals surface area contributed by atoms with Crippen LogP contribution >= 0.6 is 0 Å². The molecule has 0 saturated heterocycles. The Morgan fingerprint density at radius 2 is 1.85 bits per heavy atom. The number of carbonyl (C=O) groups is 1. The summed E-state index contributed by atoms with van der Waals surface area (Å²) in [6.45, 7) is 3.38. The maximum absolute atomic E-state index is 12.2. The lowest BCUT2D eigenvalue weighted by Crippen LogP contribution is -2.24. The fraction of sp³-hybridized carbons (Fsp3) is 0.421. The second-order valence-electron chi connectivity index (χ2n) is 5.81. The molecule has 0 aliphatic rings. The average Bonchev–Trinajstić information content (AvgIpc) is 2.69. The van der Waals surface area contributed by atoms with Gasteiger partial charge in [-0.15, -0.1) is 10.2 Å². The fourth-order valence-electron chi connectivity index (χ4n) is 2.40. The van der Waals surface area contributed by atoms with Gasteiger partial charge >= 0.3 is 0 Å². The van der Waals surface area contributed by atoms with Crippen LogP contribution < -0.4 is 20.1 Å². The van der Waals surface area contributed by atoms with Gasteiger partial charge in [0.25, 0.3) is 5.91 Å². The Kier molecular flexibility index (Phi) is 7.67. The van der Waals surface area contributed by atoms with E-state index in [2.05, 4.69) is 27.8 Å². The monoisotopic (exact) mass is 358 g/mol. The van der Waals surface area contributed by atoms with Crippen molar-refractivity contribution in [2.24, 2.45) is 0 Å². The highest BCUT2D eigenvalue weighted by Gasteiger charge is 2.09. The molecule has 1 amide bonds. The molecule has 0 atom stereocenters. The number of unbranched alkanes of at least 4 members (excludes halogenated alkanes) is 2. The maximum Gasteiger partial charge on any atom is 0.272 e. The zero-order valence-electron chi connectivity index (χ0n) is 15.5. The Morgan fingerprint density at radius 3 is 2.50 bits per heavy atom. The van der Waals surface area contributed by atoms with Crippen molar-refractivity contribution in [3.8, 4) is 11.5 Å². The van der Waals surface area contributed by atoms with Gasteiger partial charge in [-0.25, -0.2) is 0 Å². The zero-order valence-corrected chi connectivity index (χ0v) is 15.5. The summed E-state index contributed by atoms with van der Waals surface area (Å²) in [4.78, 5) is 12.2. The molecule has 1 aromatic heterocycles. The van der Waals surface area contributed by atoms with Gasteiger partial charge in [0.1, 0.15) is 5.82 Å². The lowest BCUT2D eigenvalue weighted by Gasteiger charge is -2.10. The topological polar surface area (TPSA) is 85.4 Å². The molecule has 0 bridgehead atoms. The summed E-state index contributed by atoms with van der Waals surface area (Å²) in [5.74, 6) is 1.68. The first-order valence-corrected chi connectivity index (χ1v) is 8.74. The van der Waals surface area contributed by atoms with Crippen LogP contribution in [0, 0.1) is 0 Å². The second kappa shape index (κ2) is 10.2. The second-order valence-corrected chi connectivity index (χ2v) is 5.81. The van der Waals surface area contributed by atoms with Crippen molar-refractivity contribution in [2.75, 3.05) is 26.1 Å². The third-order valence-electron chi connectivity index (χ3n) is 3.88. The first-order chi connectivity index (χ1) is 12.7. The number of rotatable bonds is 10. The Balaban J connectivity index is 1.87. The van der Waals surface area contributed by atoms with Crippen molar-refractivity contribution in [1.82, 2.24) is 15.5 Å². The van der Waals surface area contributed by atoms with Gasteiger partial charge in [0.2, 0.25) is 0 Å². The van der Waals surface area contributed by atoms with E-state index in [1.807, 2.05) is 12.1 Å². The molecular weight excluding hydrogens is 332 g/mol. The average molecular weight is 358 g/mol. The van der Waals surface area contributed by atoms with Crippen molar-refractivity contribution < 1.29 is 14.3 Å². The van der Waals surface area contributed by atoms with E-state index in [4.69, 9.17) is 9.47 Å². The minimum absolute atomic E-state index is 0.273. The molecule has 2 rings (SSSR count). The van der Waals surface area contributed by atoms with Gasteiger partial charge in [0.15, 0.2) is 17.2 Å². The van der Waals surface area contributed by atoms with Crippen LogP contribution in [0.4, 0.5) is 5.82 Å². The summed E-state index contributed by atoms with van der Waals surface area (Å²) in [6, 6.07) is 8.94. The summed E-state index contributed by atoms with van der Waals surface area (Å²) >= 11 is 0. The molecule has 0 radical (unpaired) electrons. The minimum Gasteiger partial charge on any atom is -0.493 e. The van der Waals surface area contributed by atoms with E-state index < -0.39 is 0 Å². The molecule has 0 fully saturated rings. The summed E-state index contributed by atoms with van der Waals surface area (Å²) in [7, 11) is 3.16. The van der Waals surface area contributed by atoms with E-state index in [1.165, 1.54) is 12.8 Å². The van der Waals surface area contributed by atoms with Crippen LogP contribution in [0.5, 0.6) is 11.5 Å². The molecule has 0 aliphatic carbocycles. The van der Waals surface area contributed by atoms with Crippen LogP contribution in [0.15, 0.2) is 30.3 Å².